The van der Waals surface area contributed by atoms with E-state index in [1.807, 2.05) is 0 Å². The molecule has 0 aliphatic heterocycles. The van der Waals surface area contributed by atoms with Crippen LogP contribution in [0.1, 0.15) is 40.5 Å². The molecule has 0 rings (SSSR count). The van der Waals surface area contributed by atoms with Crippen molar-refractivity contribution in [2.24, 2.45) is 0 Å². The number of hydrogen-bond donors (Lipinski definition) is 0. The zero-order valence-corrected chi connectivity index (χ0v) is 14.0. The molecule has 0 amide bonds. The van der Waals surface area contributed by atoms with Crippen molar-refractivity contribution in [3.05, 3.63) is 0 Å². The summed E-state index contributed by atoms with van der Waals surface area (Å²) >= 11 is 12.7. The number of hydrogen-bond acceptors (Lipinski definition) is 2. The van der Waals surface area contributed by atoms with Crippen molar-refractivity contribution in [1.29, 1.82) is 0 Å². The van der Waals surface area contributed by atoms with E-state index in [2.05, 4.69) is 37.3 Å². The number of nitrogens with zero attached hydrogens (tertiary/aromatic N) is 2. The average molecular weight is 293 g/mol. The molecule has 0 fully saturated rings. The molecular formula is C12H28B2Cl2N2. The zero-order valence-electron chi connectivity index (χ0n) is 12.5. The van der Waals surface area contributed by atoms with Crippen LogP contribution in [-0.4, -0.2) is 48.3 Å². The molecule has 0 aromatic rings. The molecule has 0 spiro atoms. The van der Waals surface area contributed by atoms with Crippen LogP contribution >= 0.6 is 22.9 Å². The Morgan fingerprint density at radius 3 is 1.17 bits per heavy atom. The van der Waals surface area contributed by atoms with E-state index in [-0.39, 0.29) is 12.5 Å². The Labute approximate surface area is 124 Å². The third-order valence-electron chi connectivity index (χ3n) is 3.55. The van der Waals surface area contributed by atoms with Crippen LogP contribution in [0.15, 0.2) is 0 Å². The van der Waals surface area contributed by atoms with E-state index >= 15 is 0 Å². The summed E-state index contributed by atoms with van der Waals surface area (Å²) in [6.45, 7) is 12.8. The highest BCUT2D eigenvalue weighted by Gasteiger charge is 2.20. The van der Waals surface area contributed by atoms with Crippen molar-refractivity contribution in [3.63, 3.8) is 0 Å². The van der Waals surface area contributed by atoms with E-state index in [1.54, 1.807) is 0 Å². The second-order valence-corrected chi connectivity index (χ2v) is 5.60. The van der Waals surface area contributed by atoms with Gasteiger partial charge in [-0.25, -0.2) is 0 Å². The second-order valence-electron chi connectivity index (χ2n) is 4.60. The van der Waals surface area contributed by atoms with E-state index < -0.39 is 0 Å². The van der Waals surface area contributed by atoms with E-state index in [1.165, 1.54) is 0 Å². The fourth-order valence-electron chi connectivity index (χ4n) is 2.23. The minimum Gasteiger partial charge on any atom is -0.329 e. The van der Waals surface area contributed by atoms with E-state index in [0.717, 1.165) is 51.7 Å². The Balaban J connectivity index is 3.72. The van der Waals surface area contributed by atoms with Crippen LogP contribution in [0.4, 0.5) is 0 Å². The van der Waals surface area contributed by atoms with Gasteiger partial charge in [0.25, 0.3) is 0 Å². The fourth-order valence-corrected chi connectivity index (χ4v) is 3.09. The summed E-state index contributed by atoms with van der Waals surface area (Å²) in [5.41, 5.74) is 0. The third kappa shape index (κ3) is 7.28. The molecule has 0 N–H and O–H groups in total. The molecule has 0 unspecified atom stereocenters. The largest absolute Gasteiger partial charge is 0.331 e. The van der Waals surface area contributed by atoms with E-state index in [0.29, 0.717) is 0 Å². The number of unbranched alkanes of at least 4 members (excludes halogenated alkanes) is 1. The summed E-state index contributed by atoms with van der Waals surface area (Å²) in [5, 5.41) is 0. The molecule has 0 atom stereocenters. The molecule has 0 aromatic heterocycles. The van der Waals surface area contributed by atoms with Gasteiger partial charge in [-0.1, -0.05) is 40.5 Å². The molecule has 0 radical (unpaired) electrons. The highest BCUT2D eigenvalue weighted by Crippen LogP contribution is 2.15. The highest BCUT2D eigenvalue weighted by atomic mass is 35.5. The zero-order chi connectivity index (χ0) is 14.0. The topological polar surface area (TPSA) is 6.48 Å². The van der Waals surface area contributed by atoms with Crippen LogP contribution in [0.5, 0.6) is 0 Å². The lowest BCUT2D eigenvalue weighted by molar-refractivity contribution is 0.481. The van der Waals surface area contributed by atoms with Crippen molar-refractivity contribution >= 4 is 35.4 Å². The smallest absolute Gasteiger partial charge is 0.329 e. The molecule has 0 heterocycles. The first-order valence-corrected chi connectivity index (χ1v) is 8.24. The van der Waals surface area contributed by atoms with Gasteiger partial charge in [0.05, 0.1) is 0 Å². The molecule has 2 nitrogen and oxygen atoms in total. The van der Waals surface area contributed by atoms with Gasteiger partial charge in [0.2, 0.25) is 0 Å². The Hall–Kier alpha value is 0.630. The van der Waals surface area contributed by atoms with E-state index in [4.69, 9.17) is 22.9 Å². The first-order valence-electron chi connectivity index (χ1n) is 7.36. The lowest BCUT2D eigenvalue weighted by Gasteiger charge is -2.23. The normalized spacial score (nSPS) is 11.3. The molecule has 0 bridgehead atoms. The van der Waals surface area contributed by atoms with Crippen LogP contribution in [0, 0.1) is 0 Å². The highest BCUT2D eigenvalue weighted by molar-refractivity contribution is 7.05. The SMILES string of the molecule is CCN(CC)B(Cl)CCCCB(Cl)N(CC)CC. The summed E-state index contributed by atoms with van der Waals surface area (Å²) < 4.78 is 0. The predicted molar refractivity (Wildman–Crippen MR) is 87.9 cm³/mol. The molecule has 0 saturated heterocycles. The number of halogens is 2. The van der Waals surface area contributed by atoms with Gasteiger partial charge in [-0.05, 0) is 38.8 Å². The van der Waals surface area contributed by atoms with Gasteiger partial charge in [0.15, 0.2) is 0 Å². The molecule has 0 aliphatic carbocycles. The Morgan fingerprint density at radius 1 is 0.667 bits per heavy atom. The van der Waals surface area contributed by atoms with Gasteiger partial charge in [0, 0.05) is 0 Å². The maximum absolute atomic E-state index is 6.36. The van der Waals surface area contributed by atoms with Crippen molar-refractivity contribution in [2.45, 2.75) is 53.2 Å². The third-order valence-corrected chi connectivity index (χ3v) is 4.54. The van der Waals surface area contributed by atoms with Crippen molar-refractivity contribution in [2.75, 3.05) is 26.2 Å². The molecule has 106 valence electrons. The molecule has 0 aliphatic rings. The minimum atomic E-state index is 0.183. The first kappa shape index (κ1) is 18.6. The van der Waals surface area contributed by atoms with Crippen molar-refractivity contribution < 1.29 is 0 Å². The second kappa shape index (κ2) is 11.5. The van der Waals surface area contributed by atoms with Gasteiger partial charge in [-0.15, -0.1) is 0 Å². The van der Waals surface area contributed by atoms with Gasteiger partial charge >= 0.3 is 12.5 Å². The van der Waals surface area contributed by atoms with Crippen LogP contribution in [0.2, 0.25) is 12.6 Å². The van der Waals surface area contributed by atoms with Crippen molar-refractivity contribution in [3.8, 4) is 0 Å². The molecule has 6 heteroatoms. The molecule has 0 saturated carbocycles. The summed E-state index contributed by atoms with van der Waals surface area (Å²) in [5.74, 6) is 0. The van der Waals surface area contributed by atoms with Crippen LogP contribution < -0.4 is 0 Å². The molecular weight excluding hydrogens is 265 g/mol. The van der Waals surface area contributed by atoms with Crippen LogP contribution in [0.3, 0.4) is 0 Å². The lowest BCUT2D eigenvalue weighted by atomic mass is 9.76. The average Bonchev–Trinajstić information content (AvgIpc) is 2.37. The quantitative estimate of drug-likeness (QED) is 0.421. The lowest BCUT2D eigenvalue weighted by Crippen LogP contribution is -2.35. The monoisotopic (exact) mass is 292 g/mol. The minimum absolute atomic E-state index is 0.183. The fraction of sp³-hybridized carbons (Fsp3) is 1.00. The van der Waals surface area contributed by atoms with Crippen LogP contribution in [-0.2, 0) is 0 Å². The predicted octanol–water partition coefficient (Wildman–Crippen LogP) is 3.90. The maximum Gasteiger partial charge on any atom is 0.331 e. The molecule has 0 aromatic carbocycles. The Bertz CT molecular complexity index is 171. The summed E-state index contributed by atoms with van der Waals surface area (Å²) in [4.78, 5) is 4.59. The molecule has 18 heavy (non-hydrogen) atoms. The number of rotatable bonds is 11. The van der Waals surface area contributed by atoms with Gasteiger partial charge < -0.3 is 9.62 Å². The first-order chi connectivity index (χ1) is 8.60. The van der Waals surface area contributed by atoms with Gasteiger partial charge in [0.1, 0.15) is 0 Å². The van der Waals surface area contributed by atoms with Crippen LogP contribution in [0.25, 0.3) is 0 Å². The Morgan fingerprint density at radius 2 is 0.944 bits per heavy atom. The van der Waals surface area contributed by atoms with E-state index in [9.17, 15) is 0 Å². The van der Waals surface area contributed by atoms with Gasteiger partial charge in [-0.3, -0.25) is 0 Å². The maximum atomic E-state index is 6.36. The van der Waals surface area contributed by atoms with Gasteiger partial charge in [-0.2, -0.15) is 22.9 Å². The standard InChI is InChI=1S/C12H28B2Cl2N2/c1-5-17(6-2)13(15)11-9-10-12-14(16)18(7-3)8-4/h5-12H2,1-4H3. The summed E-state index contributed by atoms with van der Waals surface area (Å²) in [6.07, 6.45) is 4.81. The van der Waals surface area contributed by atoms with Crippen molar-refractivity contribution in [1.82, 2.24) is 9.62 Å². The Kier molecular flexibility index (Phi) is 11.9. The summed E-state index contributed by atoms with van der Waals surface area (Å²) in [7, 11) is 0. The summed E-state index contributed by atoms with van der Waals surface area (Å²) in [6, 6.07) is 0.